The zero-order chi connectivity index (χ0) is 14.3. The van der Waals surface area contributed by atoms with Crippen LogP contribution in [-0.2, 0) is 4.79 Å². The van der Waals surface area contributed by atoms with Crippen molar-refractivity contribution in [3.05, 3.63) is 23.8 Å². The van der Waals surface area contributed by atoms with Crippen LogP contribution in [-0.4, -0.2) is 25.8 Å². The predicted octanol–water partition coefficient (Wildman–Crippen LogP) is 1.46. The summed E-state index contributed by atoms with van der Waals surface area (Å²) in [6.07, 6.45) is -0.220. The van der Waals surface area contributed by atoms with E-state index < -0.39 is 5.91 Å². The summed E-state index contributed by atoms with van der Waals surface area (Å²) in [4.78, 5) is 11.1. The third kappa shape index (κ3) is 4.00. The lowest BCUT2D eigenvalue weighted by atomic mass is 10.1. The number of methoxy groups -OCH3 is 2. The summed E-state index contributed by atoms with van der Waals surface area (Å²) < 4.78 is 10.3. The van der Waals surface area contributed by atoms with E-state index in [1.165, 1.54) is 0 Å². The van der Waals surface area contributed by atoms with Crippen LogP contribution < -0.4 is 14.9 Å². The van der Waals surface area contributed by atoms with Crippen LogP contribution in [0.15, 0.2) is 23.3 Å². The lowest BCUT2D eigenvalue weighted by Crippen LogP contribution is -2.18. The van der Waals surface area contributed by atoms with Crippen LogP contribution >= 0.6 is 0 Å². The average molecular weight is 261 g/mol. The van der Waals surface area contributed by atoms with E-state index in [2.05, 4.69) is 10.5 Å². The zero-order valence-corrected chi connectivity index (χ0v) is 11.1. The number of amides is 1. The maximum Gasteiger partial charge on any atom is 0.254 e. The summed E-state index contributed by atoms with van der Waals surface area (Å²) in [6, 6.07) is 7.06. The molecule has 0 aliphatic carbocycles. The van der Waals surface area contributed by atoms with Gasteiger partial charge in [0, 0.05) is 5.56 Å². The minimum absolute atomic E-state index is 0.220. The van der Waals surface area contributed by atoms with E-state index in [1.54, 1.807) is 45.4 Å². The third-order valence-corrected chi connectivity index (χ3v) is 2.39. The molecule has 0 saturated carbocycles. The number of nitrogens with zero attached hydrogens (tertiary/aromatic N) is 2. The fourth-order valence-corrected chi connectivity index (χ4v) is 1.38. The van der Waals surface area contributed by atoms with Gasteiger partial charge in [0.1, 0.15) is 6.42 Å². The van der Waals surface area contributed by atoms with Crippen molar-refractivity contribution in [2.75, 3.05) is 14.2 Å². The molecule has 0 bridgehead atoms. The van der Waals surface area contributed by atoms with Crippen molar-refractivity contribution >= 4 is 11.6 Å². The van der Waals surface area contributed by atoms with Crippen molar-refractivity contribution in [2.24, 2.45) is 5.10 Å². The predicted molar refractivity (Wildman–Crippen MR) is 70.1 cm³/mol. The molecule has 6 nitrogen and oxygen atoms in total. The molecule has 0 atom stereocenters. The van der Waals surface area contributed by atoms with Gasteiger partial charge in [-0.2, -0.15) is 10.4 Å². The van der Waals surface area contributed by atoms with Crippen LogP contribution in [0.1, 0.15) is 18.9 Å². The first-order valence-electron chi connectivity index (χ1n) is 5.54. The Morgan fingerprint density at radius 3 is 2.63 bits per heavy atom. The molecule has 1 N–H and O–H groups in total. The number of ether oxygens (including phenoxy) is 2. The minimum atomic E-state index is -0.442. The van der Waals surface area contributed by atoms with Crippen molar-refractivity contribution in [2.45, 2.75) is 13.3 Å². The summed E-state index contributed by atoms with van der Waals surface area (Å²) >= 11 is 0. The number of hydrogen-bond acceptors (Lipinski definition) is 5. The molecule has 0 aliphatic rings. The number of rotatable bonds is 5. The Bertz CT molecular complexity index is 532. The Balaban J connectivity index is 2.88. The number of nitriles is 1. The topological polar surface area (TPSA) is 83.7 Å². The molecular weight excluding hydrogens is 246 g/mol. The van der Waals surface area contributed by atoms with Crippen LogP contribution in [0, 0.1) is 11.3 Å². The molecule has 0 heterocycles. The summed E-state index contributed by atoms with van der Waals surface area (Å²) in [7, 11) is 3.10. The van der Waals surface area contributed by atoms with E-state index >= 15 is 0 Å². The largest absolute Gasteiger partial charge is 0.493 e. The maximum absolute atomic E-state index is 11.1. The van der Waals surface area contributed by atoms with Crippen molar-refractivity contribution in [1.29, 1.82) is 5.26 Å². The number of carbonyl (C=O) groups excluding carboxylic acids is 1. The Kier molecular flexibility index (Phi) is 5.35. The van der Waals surface area contributed by atoms with E-state index in [4.69, 9.17) is 14.7 Å². The number of benzene rings is 1. The van der Waals surface area contributed by atoms with Gasteiger partial charge in [0.25, 0.3) is 5.91 Å². The Hall–Kier alpha value is -2.55. The van der Waals surface area contributed by atoms with Gasteiger partial charge in [-0.15, -0.1) is 0 Å². The van der Waals surface area contributed by atoms with Gasteiger partial charge in [-0.25, -0.2) is 5.43 Å². The van der Waals surface area contributed by atoms with Gasteiger partial charge in [-0.05, 0) is 25.1 Å². The first-order chi connectivity index (χ1) is 9.12. The molecule has 6 heteroatoms. The molecule has 1 aromatic rings. The molecule has 0 spiro atoms. The highest BCUT2D eigenvalue weighted by Crippen LogP contribution is 2.27. The Labute approximate surface area is 111 Å². The number of hydrogen-bond donors (Lipinski definition) is 1. The number of carbonyl (C=O) groups is 1. The first kappa shape index (κ1) is 14.5. The summed E-state index contributed by atoms with van der Waals surface area (Å²) in [5.74, 6) is 0.757. The summed E-state index contributed by atoms with van der Waals surface area (Å²) in [5.41, 5.74) is 3.69. The van der Waals surface area contributed by atoms with E-state index in [0.29, 0.717) is 17.2 Å². The molecule has 1 amide bonds. The Morgan fingerprint density at radius 1 is 1.37 bits per heavy atom. The molecule has 1 rings (SSSR count). The molecule has 100 valence electrons. The van der Waals surface area contributed by atoms with E-state index in [1.807, 2.05) is 0 Å². The first-order valence-corrected chi connectivity index (χ1v) is 5.54. The fraction of sp³-hybridized carbons (Fsp3) is 0.308. The van der Waals surface area contributed by atoms with Crippen LogP contribution in [0.4, 0.5) is 0 Å². The number of nitrogens with one attached hydrogen (secondary N) is 1. The second kappa shape index (κ2) is 7.01. The van der Waals surface area contributed by atoms with Crippen molar-refractivity contribution in [3.63, 3.8) is 0 Å². The standard InChI is InChI=1S/C13H15N3O3/c1-9(15-16-13(17)6-7-14)10-4-5-11(18-2)12(8-10)19-3/h4-5,8H,6H2,1-3H3,(H,16,17)/b15-9-. The number of hydrazone groups is 1. The molecular formula is C13H15N3O3. The molecule has 19 heavy (non-hydrogen) atoms. The maximum atomic E-state index is 11.1. The SMILES string of the molecule is COc1ccc(/C(C)=N\NC(=O)CC#N)cc1OC. The molecule has 0 saturated heterocycles. The summed E-state index contributed by atoms with van der Waals surface area (Å²) in [5, 5.41) is 12.3. The normalized spacial score (nSPS) is 10.5. The van der Waals surface area contributed by atoms with E-state index in [-0.39, 0.29) is 6.42 Å². The van der Waals surface area contributed by atoms with Gasteiger partial charge >= 0.3 is 0 Å². The van der Waals surface area contributed by atoms with Crippen LogP contribution in [0.3, 0.4) is 0 Å². The molecule has 0 aliphatic heterocycles. The van der Waals surface area contributed by atoms with Crippen molar-refractivity contribution in [1.82, 2.24) is 5.43 Å². The second-order valence-corrected chi connectivity index (χ2v) is 3.64. The molecule has 1 aromatic carbocycles. The average Bonchev–Trinajstić information content (AvgIpc) is 2.44. The van der Waals surface area contributed by atoms with Gasteiger partial charge in [-0.3, -0.25) is 4.79 Å². The zero-order valence-electron chi connectivity index (χ0n) is 11.1. The van der Waals surface area contributed by atoms with Crippen LogP contribution in [0.2, 0.25) is 0 Å². The van der Waals surface area contributed by atoms with E-state index in [9.17, 15) is 4.79 Å². The quantitative estimate of drug-likeness (QED) is 0.642. The second-order valence-electron chi connectivity index (χ2n) is 3.64. The highest BCUT2D eigenvalue weighted by atomic mass is 16.5. The minimum Gasteiger partial charge on any atom is -0.493 e. The molecule has 0 fully saturated rings. The molecule has 0 aromatic heterocycles. The highest BCUT2D eigenvalue weighted by Gasteiger charge is 2.07. The van der Waals surface area contributed by atoms with Gasteiger partial charge in [-0.1, -0.05) is 0 Å². The van der Waals surface area contributed by atoms with Crippen LogP contribution in [0.25, 0.3) is 0 Å². The van der Waals surface area contributed by atoms with Gasteiger partial charge in [0.15, 0.2) is 11.5 Å². The third-order valence-electron chi connectivity index (χ3n) is 2.39. The Morgan fingerprint density at radius 2 is 2.05 bits per heavy atom. The molecule has 0 radical (unpaired) electrons. The van der Waals surface area contributed by atoms with E-state index in [0.717, 1.165) is 5.56 Å². The lowest BCUT2D eigenvalue weighted by molar-refractivity contribution is -0.120. The van der Waals surface area contributed by atoms with Crippen molar-refractivity contribution < 1.29 is 14.3 Å². The monoisotopic (exact) mass is 261 g/mol. The molecule has 0 unspecified atom stereocenters. The highest BCUT2D eigenvalue weighted by molar-refractivity contribution is 5.99. The summed E-state index contributed by atoms with van der Waals surface area (Å²) in [6.45, 7) is 1.74. The van der Waals surface area contributed by atoms with Gasteiger partial charge in [0.2, 0.25) is 0 Å². The fourth-order valence-electron chi connectivity index (χ4n) is 1.38. The van der Waals surface area contributed by atoms with Crippen molar-refractivity contribution in [3.8, 4) is 17.6 Å². The smallest absolute Gasteiger partial charge is 0.254 e. The van der Waals surface area contributed by atoms with Gasteiger partial charge in [0.05, 0.1) is 26.0 Å². The van der Waals surface area contributed by atoms with Gasteiger partial charge < -0.3 is 9.47 Å². The van der Waals surface area contributed by atoms with Crippen LogP contribution in [0.5, 0.6) is 11.5 Å². The lowest BCUT2D eigenvalue weighted by Gasteiger charge is -2.09.